The van der Waals surface area contributed by atoms with Crippen molar-refractivity contribution in [3.05, 3.63) is 58.7 Å². The van der Waals surface area contributed by atoms with Crippen molar-refractivity contribution in [2.45, 2.75) is 13.8 Å². The quantitative estimate of drug-likeness (QED) is 0.815. The molecule has 0 bridgehead atoms. The summed E-state index contributed by atoms with van der Waals surface area (Å²) in [5, 5.41) is 11.5. The van der Waals surface area contributed by atoms with Gasteiger partial charge in [-0.2, -0.15) is 0 Å². The van der Waals surface area contributed by atoms with Crippen molar-refractivity contribution in [2.75, 3.05) is 26.0 Å². The van der Waals surface area contributed by atoms with Crippen LogP contribution in [0.15, 0.2) is 36.4 Å². The van der Waals surface area contributed by atoms with Crippen LogP contribution in [0.2, 0.25) is 0 Å². The van der Waals surface area contributed by atoms with Gasteiger partial charge < -0.3 is 20.1 Å². The number of hydrogen-bond acceptors (Lipinski definition) is 4. The number of carboxylic acid groups (broad SMARTS) is 1. The number of carbonyl (C=O) groups excluding carboxylic acids is 2. The van der Waals surface area contributed by atoms with Crippen molar-refractivity contribution >= 4 is 23.5 Å². The van der Waals surface area contributed by atoms with Crippen molar-refractivity contribution in [1.29, 1.82) is 0 Å². The number of nitrogens with zero attached hydrogens (tertiary/aromatic N) is 1. The third-order valence-electron chi connectivity index (χ3n) is 3.84. The van der Waals surface area contributed by atoms with Gasteiger partial charge in [-0.25, -0.2) is 4.79 Å². The summed E-state index contributed by atoms with van der Waals surface area (Å²) in [5.41, 5.74) is 2.73. The highest BCUT2D eigenvalue weighted by Crippen LogP contribution is 2.25. The topological polar surface area (TPSA) is 95.9 Å². The van der Waals surface area contributed by atoms with Gasteiger partial charge in [-0.3, -0.25) is 9.59 Å². The van der Waals surface area contributed by atoms with Crippen LogP contribution in [0.25, 0.3) is 0 Å². The van der Waals surface area contributed by atoms with E-state index in [1.165, 1.54) is 4.90 Å². The Morgan fingerprint density at radius 1 is 1.04 bits per heavy atom. The first-order chi connectivity index (χ1) is 12.7. The lowest BCUT2D eigenvalue weighted by Gasteiger charge is -2.14. The van der Waals surface area contributed by atoms with E-state index in [0.29, 0.717) is 33.7 Å². The van der Waals surface area contributed by atoms with Crippen molar-refractivity contribution in [2.24, 2.45) is 0 Å². The molecule has 2 aromatic carbocycles. The Kier molecular flexibility index (Phi) is 6.18. The van der Waals surface area contributed by atoms with E-state index in [9.17, 15) is 14.4 Å². The summed E-state index contributed by atoms with van der Waals surface area (Å²) in [7, 11) is 3.32. The van der Waals surface area contributed by atoms with E-state index in [1.807, 2.05) is 0 Å². The van der Waals surface area contributed by atoms with Crippen LogP contribution in [0.5, 0.6) is 5.75 Å². The minimum Gasteiger partial charge on any atom is -0.481 e. The molecule has 0 heterocycles. The Morgan fingerprint density at radius 2 is 1.67 bits per heavy atom. The highest BCUT2D eigenvalue weighted by molar-refractivity contribution is 6.05. The van der Waals surface area contributed by atoms with Crippen LogP contribution in [0, 0.1) is 13.8 Å². The molecule has 0 fully saturated rings. The monoisotopic (exact) mass is 370 g/mol. The van der Waals surface area contributed by atoms with Gasteiger partial charge >= 0.3 is 5.97 Å². The first-order valence-corrected chi connectivity index (χ1v) is 8.28. The number of ether oxygens (including phenoxy) is 1. The molecule has 0 unspecified atom stereocenters. The number of anilines is 1. The van der Waals surface area contributed by atoms with E-state index in [4.69, 9.17) is 9.84 Å². The minimum absolute atomic E-state index is 0.155. The van der Waals surface area contributed by atoms with E-state index >= 15 is 0 Å². The SMILES string of the molecule is Cc1cc(C(=O)Nc2cccc(C(=O)N(C)C)c2)cc(C)c1OCC(=O)O. The molecular formula is C20H22N2O5. The molecule has 0 aliphatic carbocycles. The molecule has 2 rings (SSSR count). The second kappa shape index (κ2) is 8.35. The number of nitrogens with one attached hydrogen (secondary N) is 1. The third-order valence-corrected chi connectivity index (χ3v) is 3.84. The molecule has 0 aliphatic rings. The van der Waals surface area contributed by atoms with Gasteiger partial charge in [-0.15, -0.1) is 0 Å². The fourth-order valence-corrected chi connectivity index (χ4v) is 2.63. The third kappa shape index (κ3) is 5.07. The van der Waals surface area contributed by atoms with E-state index in [-0.39, 0.29) is 11.8 Å². The molecule has 0 atom stereocenters. The Balaban J connectivity index is 2.20. The highest BCUT2D eigenvalue weighted by Gasteiger charge is 2.14. The number of aryl methyl sites for hydroxylation is 2. The predicted octanol–water partition coefficient (Wildman–Crippen LogP) is 2.72. The number of rotatable bonds is 6. The average Bonchev–Trinajstić information content (AvgIpc) is 2.60. The van der Waals surface area contributed by atoms with E-state index in [0.717, 1.165) is 0 Å². The van der Waals surface area contributed by atoms with Crippen molar-refractivity contribution in [3.63, 3.8) is 0 Å². The standard InChI is InChI=1S/C20H22N2O5/c1-12-8-15(9-13(2)18(12)27-11-17(23)24)19(25)21-16-7-5-6-14(10-16)20(26)22(3)4/h5-10H,11H2,1-4H3,(H,21,25)(H,23,24). The van der Waals surface area contributed by atoms with Crippen LogP contribution in [-0.4, -0.2) is 48.5 Å². The summed E-state index contributed by atoms with van der Waals surface area (Å²) < 4.78 is 5.27. The zero-order valence-electron chi connectivity index (χ0n) is 15.7. The molecule has 2 amide bonds. The summed E-state index contributed by atoms with van der Waals surface area (Å²) in [6.45, 7) is 3.05. The number of carboxylic acids is 1. The molecule has 0 saturated heterocycles. The maximum Gasteiger partial charge on any atom is 0.341 e. The van der Waals surface area contributed by atoms with Gasteiger partial charge in [-0.05, 0) is 55.3 Å². The van der Waals surface area contributed by atoms with Crippen LogP contribution in [0.3, 0.4) is 0 Å². The molecule has 142 valence electrons. The van der Waals surface area contributed by atoms with E-state index in [1.54, 1.807) is 64.3 Å². The minimum atomic E-state index is -1.07. The van der Waals surface area contributed by atoms with Crippen LogP contribution < -0.4 is 10.1 Å². The van der Waals surface area contributed by atoms with Crippen LogP contribution in [0.4, 0.5) is 5.69 Å². The normalized spacial score (nSPS) is 10.2. The molecule has 0 saturated carbocycles. The van der Waals surface area contributed by atoms with Gasteiger partial charge in [0.2, 0.25) is 0 Å². The second-order valence-corrected chi connectivity index (χ2v) is 6.36. The molecule has 2 N–H and O–H groups in total. The van der Waals surface area contributed by atoms with Crippen molar-refractivity contribution in [1.82, 2.24) is 4.90 Å². The van der Waals surface area contributed by atoms with Gasteiger partial charge in [0, 0.05) is 30.9 Å². The summed E-state index contributed by atoms with van der Waals surface area (Å²) in [6, 6.07) is 9.97. The second-order valence-electron chi connectivity index (χ2n) is 6.36. The van der Waals surface area contributed by atoms with Crippen molar-refractivity contribution < 1.29 is 24.2 Å². The number of carbonyl (C=O) groups is 3. The summed E-state index contributed by atoms with van der Waals surface area (Å²) in [5.74, 6) is -1.10. The molecule has 27 heavy (non-hydrogen) atoms. The first kappa shape index (κ1) is 20.0. The Morgan fingerprint density at radius 3 is 2.22 bits per heavy atom. The van der Waals surface area contributed by atoms with Gasteiger partial charge in [0.1, 0.15) is 5.75 Å². The molecule has 7 heteroatoms. The lowest BCUT2D eigenvalue weighted by molar-refractivity contribution is -0.139. The molecule has 7 nitrogen and oxygen atoms in total. The Labute approximate surface area is 157 Å². The molecule has 0 radical (unpaired) electrons. The van der Waals surface area contributed by atoms with Gasteiger partial charge in [-0.1, -0.05) is 6.07 Å². The molecule has 0 aromatic heterocycles. The Hall–Kier alpha value is -3.35. The fraction of sp³-hybridized carbons (Fsp3) is 0.250. The van der Waals surface area contributed by atoms with Gasteiger partial charge in [0.15, 0.2) is 6.61 Å². The Bertz CT molecular complexity index is 867. The zero-order chi connectivity index (χ0) is 20.1. The summed E-state index contributed by atoms with van der Waals surface area (Å²) in [4.78, 5) is 36.8. The largest absolute Gasteiger partial charge is 0.481 e. The number of hydrogen-bond donors (Lipinski definition) is 2. The van der Waals surface area contributed by atoms with Crippen molar-refractivity contribution in [3.8, 4) is 5.75 Å². The number of amides is 2. The van der Waals surface area contributed by atoms with Gasteiger partial charge in [0.25, 0.3) is 11.8 Å². The fourth-order valence-electron chi connectivity index (χ4n) is 2.63. The zero-order valence-corrected chi connectivity index (χ0v) is 15.7. The smallest absolute Gasteiger partial charge is 0.341 e. The van der Waals surface area contributed by atoms with Crippen LogP contribution >= 0.6 is 0 Å². The summed E-state index contributed by atoms with van der Waals surface area (Å²) >= 11 is 0. The maximum atomic E-state index is 12.6. The molecule has 0 aliphatic heterocycles. The molecular weight excluding hydrogens is 348 g/mol. The average molecular weight is 370 g/mol. The summed E-state index contributed by atoms with van der Waals surface area (Å²) in [6.07, 6.45) is 0. The van der Waals surface area contributed by atoms with E-state index < -0.39 is 12.6 Å². The maximum absolute atomic E-state index is 12.6. The number of aliphatic carboxylic acids is 1. The van der Waals surface area contributed by atoms with E-state index in [2.05, 4.69) is 5.32 Å². The lowest BCUT2D eigenvalue weighted by Crippen LogP contribution is -2.22. The number of benzene rings is 2. The first-order valence-electron chi connectivity index (χ1n) is 8.28. The van der Waals surface area contributed by atoms with Crippen LogP contribution in [0.1, 0.15) is 31.8 Å². The predicted molar refractivity (Wildman–Crippen MR) is 101 cm³/mol. The lowest BCUT2D eigenvalue weighted by atomic mass is 10.0. The highest BCUT2D eigenvalue weighted by atomic mass is 16.5. The van der Waals surface area contributed by atoms with Gasteiger partial charge in [0.05, 0.1) is 0 Å². The molecule has 2 aromatic rings. The van der Waals surface area contributed by atoms with Crippen LogP contribution in [-0.2, 0) is 4.79 Å². The molecule has 0 spiro atoms.